The Morgan fingerprint density at radius 3 is 2.90 bits per heavy atom. The zero-order chi connectivity index (χ0) is 7.72. The zero-order valence-corrected chi connectivity index (χ0v) is 6.09. The van der Waals surface area contributed by atoms with Crippen molar-refractivity contribution >= 4 is 17.3 Å². The molecule has 0 fully saturated rings. The van der Waals surface area contributed by atoms with Gasteiger partial charge >= 0.3 is 0 Å². The molecule has 4 nitrogen and oxygen atoms in total. The SMILES string of the molecule is Cn1nc(Cl)c(N)cc1=O. The molecule has 5 heteroatoms. The Morgan fingerprint density at radius 1 is 1.80 bits per heavy atom. The van der Waals surface area contributed by atoms with Crippen LogP contribution in [0.2, 0.25) is 5.15 Å². The van der Waals surface area contributed by atoms with Crippen LogP contribution in [0.25, 0.3) is 0 Å². The number of hydrogen-bond acceptors (Lipinski definition) is 3. The van der Waals surface area contributed by atoms with Gasteiger partial charge in [0.2, 0.25) is 0 Å². The quantitative estimate of drug-likeness (QED) is 0.581. The number of nitrogens with two attached hydrogens (primary N) is 1. The fourth-order valence-corrected chi connectivity index (χ4v) is 0.693. The molecule has 54 valence electrons. The normalized spacial score (nSPS) is 9.80. The zero-order valence-electron chi connectivity index (χ0n) is 5.34. The molecule has 0 aliphatic carbocycles. The molecule has 0 aliphatic rings. The third-order valence-electron chi connectivity index (χ3n) is 1.07. The number of aromatic nitrogens is 2. The Morgan fingerprint density at radius 2 is 2.40 bits per heavy atom. The molecular weight excluding hydrogens is 154 g/mol. The van der Waals surface area contributed by atoms with Crippen LogP contribution >= 0.6 is 11.6 Å². The topological polar surface area (TPSA) is 60.9 Å². The lowest BCUT2D eigenvalue weighted by molar-refractivity contribution is 0.709. The van der Waals surface area contributed by atoms with Crippen LogP contribution in [0.5, 0.6) is 0 Å². The average molecular weight is 160 g/mol. The van der Waals surface area contributed by atoms with Crippen LogP contribution in [0.3, 0.4) is 0 Å². The molecule has 10 heavy (non-hydrogen) atoms. The molecule has 0 bridgehead atoms. The monoisotopic (exact) mass is 159 g/mol. The molecule has 0 radical (unpaired) electrons. The molecular formula is C5H6ClN3O. The maximum Gasteiger partial charge on any atom is 0.268 e. The second-order valence-corrected chi connectivity index (χ2v) is 2.21. The number of halogens is 1. The van der Waals surface area contributed by atoms with E-state index in [4.69, 9.17) is 17.3 Å². The fraction of sp³-hybridized carbons (Fsp3) is 0.200. The van der Waals surface area contributed by atoms with Crippen molar-refractivity contribution in [2.75, 3.05) is 5.73 Å². The van der Waals surface area contributed by atoms with Gasteiger partial charge in [-0.05, 0) is 0 Å². The molecule has 0 amide bonds. The van der Waals surface area contributed by atoms with E-state index >= 15 is 0 Å². The van der Waals surface area contributed by atoms with E-state index in [0.717, 1.165) is 4.68 Å². The minimum atomic E-state index is -0.262. The predicted molar refractivity (Wildman–Crippen MR) is 38.9 cm³/mol. The highest BCUT2D eigenvalue weighted by molar-refractivity contribution is 6.31. The maximum absolute atomic E-state index is 10.8. The lowest BCUT2D eigenvalue weighted by Crippen LogP contribution is -2.19. The van der Waals surface area contributed by atoms with Gasteiger partial charge < -0.3 is 5.73 Å². The fourth-order valence-electron chi connectivity index (χ4n) is 0.525. The Balaban J connectivity index is 3.43. The summed E-state index contributed by atoms with van der Waals surface area (Å²) in [4.78, 5) is 10.8. The number of nitrogens with zero attached hydrogens (tertiary/aromatic N) is 2. The Kier molecular flexibility index (Phi) is 1.63. The Bertz CT molecular complexity index is 306. The van der Waals surface area contributed by atoms with E-state index in [1.807, 2.05) is 0 Å². The molecule has 0 aliphatic heterocycles. The van der Waals surface area contributed by atoms with Crippen LogP contribution < -0.4 is 11.3 Å². The summed E-state index contributed by atoms with van der Waals surface area (Å²) in [5, 5.41) is 3.77. The van der Waals surface area contributed by atoms with E-state index in [9.17, 15) is 4.79 Å². The van der Waals surface area contributed by atoms with Crippen molar-refractivity contribution in [1.82, 2.24) is 9.78 Å². The predicted octanol–water partition coefficient (Wildman–Crippen LogP) is 0.0159. The van der Waals surface area contributed by atoms with Crippen molar-refractivity contribution in [3.63, 3.8) is 0 Å². The summed E-state index contributed by atoms with van der Waals surface area (Å²) in [6, 6.07) is 1.23. The van der Waals surface area contributed by atoms with Crippen molar-refractivity contribution in [3.05, 3.63) is 21.6 Å². The van der Waals surface area contributed by atoms with Crippen LogP contribution in [0.15, 0.2) is 10.9 Å². The van der Waals surface area contributed by atoms with E-state index in [2.05, 4.69) is 5.10 Å². The van der Waals surface area contributed by atoms with E-state index in [1.165, 1.54) is 13.1 Å². The van der Waals surface area contributed by atoms with Gasteiger partial charge in [0.15, 0.2) is 5.15 Å². The average Bonchev–Trinajstić information content (AvgIpc) is 1.84. The van der Waals surface area contributed by atoms with E-state index < -0.39 is 0 Å². The molecule has 1 heterocycles. The Hall–Kier alpha value is -1.03. The second-order valence-electron chi connectivity index (χ2n) is 1.85. The molecule has 0 saturated carbocycles. The first-order chi connectivity index (χ1) is 4.61. The van der Waals surface area contributed by atoms with E-state index in [-0.39, 0.29) is 16.4 Å². The van der Waals surface area contributed by atoms with Gasteiger partial charge in [0.1, 0.15) is 0 Å². The molecule has 0 atom stereocenters. The van der Waals surface area contributed by atoms with E-state index in [0.29, 0.717) is 0 Å². The molecule has 0 aromatic carbocycles. The summed E-state index contributed by atoms with van der Waals surface area (Å²) in [5.41, 5.74) is 5.23. The molecule has 2 N–H and O–H groups in total. The molecule has 0 unspecified atom stereocenters. The lowest BCUT2D eigenvalue weighted by Gasteiger charge is -1.97. The van der Waals surface area contributed by atoms with Gasteiger partial charge in [0, 0.05) is 13.1 Å². The van der Waals surface area contributed by atoms with Crippen molar-refractivity contribution in [3.8, 4) is 0 Å². The van der Waals surface area contributed by atoms with Gasteiger partial charge in [-0.2, -0.15) is 5.10 Å². The van der Waals surface area contributed by atoms with Crippen LogP contribution in [-0.2, 0) is 7.05 Å². The maximum atomic E-state index is 10.8. The number of rotatable bonds is 0. The minimum Gasteiger partial charge on any atom is -0.396 e. The number of aryl methyl sites for hydroxylation is 1. The first-order valence-corrected chi connectivity index (χ1v) is 2.98. The van der Waals surface area contributed by atoms with Gasteiger partial charge in [0.05, 0.1) is 5.69 Å². The molecule has 1 aromatic rings. The van der Waals surface area contributed by atoms with Crippen LogP contribution in [-0.4, -0.2) is 9.78 Å². The van der Waals surface area contributed by atoms with Gasteiger partial charge in [-0.3, -0.25) is 4.79 Å². The molecule has 1 aromatic heterocycles. The van der Waals surface area contributed by atoms with E-state index in [1.54, 1.807) is 0 Å². The van der Waals surface area contributed by atoms with Crippen LogP contribution in [0.4, 0.5) is 5.69 Å². The van der Waals surface area contributed by atoms with Crippen molar-refractivity contribution in [1.29, 1.82) is 0 Å². The minimum absolute atomic E-state index is 0.155. The third-order valence-corrected chi connectivity index (χ3v) is 1.37. The highest BCUT2D eigenvalue weighted by atomic mass is 35.5. The summed E-state index contributed by atoms with van der Waals surface area (Å²) in [6.07, 6.45) is 0. The summed E-state index contributed by atoms with van der Waals surface area (Å²) in [7, 11) is 1.51. The standard InChI is InChI=1S/C5H6ClN3O/c1-9-4(10)2-3(7)5(6)8-9/h2H,7H2,1H3. The third kappa shape index (κ3) is 1.11. The van der Waals surface area contributed by atoms with Crippen LogP contribution in [0.1, 0.15) is 0 Å². The first kappa shape index (κ1) is 7.08. The smallest absolute Gasteiger partial charge is 0.268 e. The van der Waals surface area contributed by atoms with Gasteiger partial charge in [-0.15, -0.1) is 0 Å². The lowest BCUT2D eigenvalue weighted by atomic mass is 10.5. The highest BCUT2D eigenvalue weighted by Gasteiger charge is 1.98. The first-order valence-electron chi connectivity index (χ1n) is 2.60. The summed E-state index contributed by atoms with van der Waals surface area (Å²) < 4.78 is 1.12. The van der Waals surface area contributed by atoms with Gasteiger partial charge in [0.25, 0.3) is 5.56 Å². The number of anilines is 1. The van der Waals surface area contributed by atoms with Gasteiger partial charge in [-0.25, -0.2) is 4.68 Å². The van der Waals surface area contributed by atoms with Crippen molar-refractivity contribution < 1.29 is 0 Å². The van der Waals surface area contributed by atoms with Gasteiger partial charge in [-0.1, -0.05) is 11.6 Å². The second kappa shape index (κ2) is 2.30. The number of hydrogen-bond donors (Lipinski definition) is 1. The number of nitrogen functional groups attached to an aromatic ring is 1. The largest absolute Gasteiger partial charge is 0.396 e. The highest BCUT2D eigenvalue weighted by Crippen LogP contribution is 2.09. The molecule has 0 saturated heterocycles. The van der Waals surface area contributed by atoms with Crippen LogP contribution in [0, 0.1) is 0 Å². The van der Waals surface area contributed by atoms with Crippen molar-refractivity contribution in [2.24, 2.45) is 7.05 Å². The summed E-state index contributed by atoms with van der Waals surface area (Å²) in [5.74, 6) is 0. The summed E-state index contributed by atoms with van der Waals surface area (Å²) >= 11 is 5.49. The molecule has 1 rings (SSSR count). The van der Waals surface area contributed by atoms with Crippen molar-refractivity contribution in [2.45, 2.75) is 0 Å². The summed E-state index contributed by atoms with van der Waals surface area (Å²) in [6.45, 7) is 0. The Labute approximate surface area is 62.2 Å². The molecule has 0 spiro atoms.